The first-order valence-corrected chi connectivity index (χ1v) is 9.13. The summed E-state index contributed by atoms with van der Waals surface area (Å²) in [6, 6.07) is 9.96. The van der Waals surface area contributed by atoms with Crippen LogP contribution in [-0.2, 0) is 12.7 Å². The molecule has 0 unspecified atom stereocenters. The fourth-order valence-electron chi connectivity index (χ4n) is 3.10. The lowest BCUT2D eigenvalue weighted by atomic mass is 10.1. The lowest BCUT2D eigenvalue weighted by Gasteiger charge is -2.34. The van der Waals surface area contributed by atoms with Crippen LogP contribution in [0.15, 0.2) is 42.6 Å². The fourth-order valence-corrected chi connectivity index (χ4v) is 3.10. The van der Waals surface area contributed by atoms with Gasteiger partial charge in [-0.25, -0.2) is 0 Å². The number of aromatic nitrogens is 1. The van der Waals surface area contributed by atoms with Crippen LogP contribution in [0.5, 0.6) is 5.75 Å². The maximum atomic E-state index is 12.6. The number of alkyl halides is 3. The van der Waals surface area contributed by atoms with Crippen molar-refractivity contribution in [2.75, 3.05) is 32.8 Å². The molecule has 0 bridgehead atoms. The number of nitrogens with zero attached hydrogens (tertiary/aromatic N) is 3. The van der Waals surface area contributed by atoms with Gasteiger partial charge in [0.25, 0.3) is 5.91 Å². The second kappa shape index (κ2) is 8.60. The molecule has 0 atom stereocenters. The average Bonchev–Trinajstić information content (AvgIpc) is 2.69. The predicted octanol–water partition coefficient (Wildman–Crippen LogP) is 3.46. The Balaban J connectivity index is 1.52. The third-order valence-corrected chi connectivity index (χ3v) is 4.60. The van der Waals surface area contributed by atoms with Gasteiger partial charge in [0.05, 0.1) is 12.2 Å². The number of halogens is 3. The minimum atomic E-state index is -4.51. The quantitative estimate of drug-likeness (QED) is 0.781. The molecule has 1 fully saturated rings. The van der Waals surface area contributed by atoms with E-state index in [1.807, 2.05) is 31.2 Å². The van der Waals surface area contributed by atoms with E-state index in [0.717, 1.165) is 30.1 Å². The lowest BCUT2D eigenvalue weighted by Crippen LogP contribution is -2.48. The van der Waals surface area contributed by atoms with Gasteiger partial charge in [-0.3, -0.25) is 14.7 Å². The highest BCUT2D eigenvalue weighted by Crippen LogP contribution is 2.27. The van der Waals surface area contributed by atoms with Gasteiger partial charge in [0.2, 0.25) is 0 Å². The molecule has 1 aliphatic rings. The predicted molar refractivity (Wildman–Crippen MR) is 98.0 cm³/mol. The van der Waals surface area contributed by atoms with Crippen molar-refractivity contribution >= 4 is 5.91 Å². The van der Waals surface area contributed by atoms with Crippen molar-refractivity contribution in [3.05, 3.63) is 59.4 Å². The van der Waals surface area contributed by atoms with Crippen LogP contribution >= 0.6 is 0 Å². The standard InChI is InChI=1S/C20H22F3N3O2/c1-2-28-17-6-3-15(4-7-17)14-25-9-11-26(12-10-25)19(27)16-5-8-18(24-13-16)20(21,22)23/h3-8,13H,2,9-12,14H2,1H3. The Morgan fingerprint density at radius 2 is 1.75 bits per heavy atom. The number of carbonyl (C=O) groups is 1. The summed E-state index contributed by atoms with van der Waals surface area (Å²) in [5, 5.41) is 0. The number of hydrogen-bond acceptors (Lipinski definition) is 4. The molecule has 1 aromatic carbocycles. The van der Waals surface area contributed by atoms with Gasteiger partial charge < -0.3 is 9.64 Å². The molecule has 150 valence electrons. The number of piperazine rings is 1. The molecule has 2 heterocycles. The zero-order valence-corrected chi connectivity index (χ0v) is 15.6. The summed E-state index contributed by atoms with van der Waals surface area (Å²) in [6.45, 7) is 5.79. The van der Waals surface area contributed by atoms with Crippen LogP contribution in [0.25, 0.3) is 0 Å². The van der Waals surface area contributed by atoms with Crippen molar-refractivity contribution < 1.29 is 22.7 Å². The summed E-state index contributed by atoms with van der Waals surface area (Å²) < 4.78 is 43.2. The third-order valence-electron chi connectivity index (χ3n) is 4.60. The van der Waals surface area contributed by atoms with Crippen molar-refractivity contribution in [3.63, 3.8) is 0 Å². The van der Waals surface area contributed by atoms with E-state index in [1.165, 1.54) is 6.07 Å². The van der Waals surface area contributed by atoms with E-state index in [4.69, 9.17) is 4.74 Å². The van der Waals surface area contributed by atoms with Crippen LogP contribution in [0.1, 0.15) is 28.5 Å². The molecule has 5 nitrogen and oxygen atoms in total. The van der Waals surface area contributed by atoms with Crippen molar-refractivity contribution in [1.29, 1.82) is 0 Å². The molecule has 0 aliphatic carbocycles. The average molecular weight is 393 g/mol. The van der Waals surface area contributed by atoms with Gasteiger partial charge >= 0.3 is 6.18 Å². The highest BCUT2D eigenvalue weighted by atomic mass is 19.4. The van der Waals surface area contributed by atoms with E-state index < -0.39 is 11.9 Å². The van der Waals surface area contributed by atoms with Crippen LogP contribution in [0, 0.1) is 0 Å². The van der Waals surface area contributed by atoms with E-state index in [-0.39, 0.29) is 11.5 Å². The SMILES string of the molecule is CCOc1ccc(CN2CCN(C(=O)c3ccc(C(F)(F)F)nc3)CC2)cc1. The number of ether oxygens (including phenoxy) is 1. The minimum Gasteiger partial charge on any atom is -0.494 e. The van der Waals surface area contributed by atoms with Crippen molar-refractivity contribution in [2.24, 2.45) is 0 Å². The van der Waals surface area contributed by atoms with Crippen LogP contribution in [-0.4, -0.2) is 53.5 Å². The van der Waals surface area contributed by atoms with E-state index in [9.17, 15) is 18.0 Å². The van der Waals surface area contributed by atoms with Gasteiger partial charge in [-0.15, -0.1) is 0 Å². The largest absolute Gasteiger partial charge is 0.494 e. The molecular weight excluding hydrogens is 371 g/mol. The zero-order valence-electron chi connectivity index (χ0n) is 15.6. The summed E-state index contributed by atoms with van der Waals surface area (Å²) in [6.07, 6.45) is -3.51. The number of carbonyl (C=O) groups excluding carboxylic acids is 1. The summed E-state index contributed by atoms with van der Waals surface area (Å²) in [5.74, 6) is 0.550. The Labute approximate surface area is 161 Å². The van der Waals surface area contributed by atoms with Crippen LogP contribution in [0.2, 0.25) is 0 Å². The Morgan fingerprint density at radius 1 is 1.07 bits per heavy atom. The smallest absolute Gasteiger partial charge is 0.433 e. The molecule has 2 aromatic rings. The van der Waals surface area contributed by atoms with Gasteiger partial charge in [0.1, 0.15) is 11.4 Å². The van der Waals surface area contributed by atoms with E-state index in [1.54, 1.807) is 4.90 Å². The van der Waals surface area contributed by atoms with Crippen molar-refractivity contribution in [2.45, 2.75) is 19.6 Å². The minimum absolute atomic E-state index is 0.174. The highest BCUT2D eigenvalue weighted by molar-refractivity contribution is 5.94. The first-order valence-electron chi connectivity index (χ1n) is 9.13. The van der Waals surface area contributed by atoms with Crippen LogP contribution in [0.4, 0.5) is 13.2 Å². The third kappa shape index (κ3) is 5.01. The Bertz CT molecular complexity index is 784. The molecule has 1 aromatic heterocycles. The van der Waals surface area contributed by atoms with E-state index >= 15 is 0 Å². The van der Waals surface area contributed by atoms with E-state index in [0.29, 0.717) is 32.8 Å². The molecule has 0 saturated carbocycles. The number of rotatable bonds is 5. The Hall–Kier alpha value is -2.61. The normalized spacial score (nSPS) is 15.5. The number of pyridine rings is 1. The number of hydrogen-bond donors (Lipinski definition) is 0. The molecule has 3 rings (SSSR count). The molecular formula is C20H22F3N3O2. The summed E-state index contributed by atoms with van der Waals surface area (Å²) in [4.78, 5) is 19.8. The topological polar surface area (TPSA) is 45.7 Å². The maximum Gasteiger partial charge on any atom is 0.433 e. The van der Waals surface area contributed by atoms with E-state index in [2.05, 4.69) is 9.88 Å². The second-order valence-corrected chi connectivity index (χ2v) is 6.58. The molecule has 0 radical (unpaired) electrons. The van der Waals surface area contributed by atoms with Gasteiger partial charge in [0, 0.05) is 38.9 Å². The Morgan fingerprint density at radius 3 is 2.29 bits per heavy atom. The van der Waals surface area contributed by atoms with Gasteiger partial charge in [-0.1, -0.05) is 12.1 Å². The lowest BCUT2D eigenvalue weighted by molar-refractivity contribution is -0.141. The van der Waals surface area contributed by atoms with Crippen LogP contribution < -0.4 is 4.74 Å². The second-order valence-electron chi connectivity index (χ2n) is 6.58. The summed E-state index contributed by atoms with van der Waals surface area (Å²) in [7, 11) is 0. The number of benzene rings is 1. The van der Waals surface area contributed by atoms with Crippen molar-refractivity contribution in [1.82, 2.24) is 14.8 Å². The molecule has 1 amide bonds. The van der Waals surface area contributed by atoms with Crippen molar-refractivity contribution in [3.8, 4) is 5.75 Å². The summed E-state index contributed by atoms with van der Waals surface area (Å²) >= 11 is 0. The van der Waals surface area contributed by atoms with Gasteiger partial charge in [-0.05, 0) is 36.8 Å². The molecule has 28 heavy (non-hydrogen) atoms. The first kappa shape index (κ1) is 20.1. The fraction of sp³-hybridized carbons (Fsp3) is 0.400. The van der Waals surface area contributed by atoms with Gasteiger partial charge in [-0.2, -0.15) is 13.2 Å². The molecule has 0 N–H and O–H groups in total. The first-order chi connectivity index (χ1) is 13.4. The summed E-state index contributed by atoms with van der Waals surface area (Å²) in [5.41, 5.74) is 0.340. The molecule has 0 spiro atoms. The highest BCUT2D eigenvalue weighted by Gasteiger charge is 2.32. The van der Waals surface area contributed by atoms with Gasteiger partial charge in [0.15, 0.2) is 0 Å². The number of amides is 1. The monoisotopic (exact) mass is 393 g/mol. The molecule has 8 heteroatoms. The van der Waals surface area contributed by atoms with Crippen LogP contribution in [0.3, 0.4) is 0 Å². The molecule has 1 aliphatic heterocycles. The Kier molecular flexibility index (Phi) is 6.18. The zero-order chi connectivity index (χ0) is 20.1. The maximum absolute atomic E-state index is 12.6. The molecule has 1 saturated heterocycles.